The van der Waals surface area contributed by atoms with Crippen molar-refractivity contribution < 1.29 is 44.3 Å². The minimum absolute atomic E-state index is 0.108. The molecule has 5 rings (SSSR count). The Morgan fingerprint density at radius 2 is 1.85 bits per heavy atom. The van der Waals surface area contributed by atoms with Crippen LogP contribution in [0, 0.1) is 0 Å². The van der Waals surface area contributed by atoms with Crippen LogP contribution >= 0.6 is 0 Å². The van der Waals surface area contributed by atoms with Crippen LogP contribution in [0.3, 0.4) is 0 Å². The Morgan fingerprint density at radius 1 is 1.12 bits per heavy atom. The van der Waals surface area contributed by atoms with Gasteiger partial charge >= 0.3 is 0 Å². The lowest BCUT2D eigenvalue weighted by atomic mass is 9.57. The number of hydrogen-bond donors (Lipinski definition) is 4. The number of fused-ring (bicyclic) bond motifs is 3. The number of aromatic hydroxyl groups is 1. The fourth-order valence-corrected chi connectivity index (χ4v) is 5.66. The summed E-state index contributed by atoms with van der Waals surface area (Å²) in [6.07, 6.45) is -0.268. The molecule has 3 aliphatic carbocycles. The zero-order valence-electron chi connectivity index (χ0n) is 18.8. The molecule has 9 nitrogen and oxygen atoms in total. The quantitative estimate of drug-likeness (QED) is 0.498. The molecule has 34 heavy (non-hydrogen) atoms. The van der Waals surface area contributed by atoms with E-state index in [4.69, 9.17) is 9.47 Å². The van der Waals surface area contributed by atoms with Gasteiger partial charge in [0.25, 0.3) is 0 Å². The number of phenolic OH excluding ortho intramolecular Hbond substituents is 1. The van der Waals surface area contributed by atoms with Crippen molar-refractivity contribution in [2.45, 2.75) is 74.8 Å². The molecule has 6 atom stereocenters. The van der Waals surface area contributed by atoms with E-state index in [9.17, 15) is 34.8 Å². The molecule has 2 fully saturated rings. The highest BCUT2D eigenvalue weighted by molar-refractivity contribution is 6.31. The number of allylic oxidation sites excluding steroid dienone is 2. The number of benzene rings is 1. The van der Waals surface area contributed by atoms with E-state index in [1.165, 1.54) is 37.3 Å². The molecule has 0 amide bonds. The number of aliphatic hydroxyl groups excluding tert-OH is 1. The first kappa shape index (κ1) is 23.1. The lowest BCUT2D eigenvalue weighted by Gasteiger charge is -2.55. The second-order valence-electron chi connectivity index (χ2n) is 9.89. The molecule has 1 saturated heterocycles. The highest BCUT2D eigenvalue weighted by atomic mass is 16.7. The van der Waals surface area contributed by atoms with Crippen LogP contribution in [0.2, 0.25) is 0 Å². The van der Waals surface area contributed by atoms with Crippen LogP contribution in [0.15, 0.2) is 41.5 Å². The normalized spacial score (nSPS) is 39.6. The standard InChI is InChI=1S/C25H26O9/c1-12-15(26)6-7-18(33-12)34-25-17(28)10-23(2,31)11-24(25,32)9-8-14-20(25)22(30)13-4-3-5-16(27)19(13)21(14)29/h3-5,8-9,12,15,18,26-27,31-32H,6-7,10-11H2,1-2H3/t12-,15-,18-,23-,24-,25-/m0/s1. The molecule has 1 aromatic carbocycles. The van der Waals surface area contributed by atoms with E-state index < -0.39 is 59.1 Å². The van der Waals surface area contributed by atoms with Gasteiger partial charge in [0.15, 0.2) is 29.2 Å². The average molecular weight is 470 g/mol. The number of aliphatic hydroxyl groups is 3. The summed E-state index contributed by atoms with van der Waals surface area (Å²) in [5, 5.41) is 42.8. The van der Waals surface area contributed by atoms with E-state index in [-0.39, 0.29) is 40.9 Å². The number of ether oxygens (including phenoxy) is 2. The first-order chi connectivity index (χ1) is 15.9. The second kappa shape index (κ2) is 7.40. The molecule has 0 unspecified atom stereocenters. The van der Waals surface area contributed by atoms with Crippen LogP contribution in [0.1, 0.15) is 60.2 Å². The van der Waals surface area contributed by atoms with Crippen LogP contribution < -0.4 is 0 Å². The Bertz CT molecular complexity index is 1180. The predicted octanol–water partition coefficient (Wildman–Crippen LogP) is 1.12. The van der Waals surface area contributed by atoms with Gasteiger partial charge < -0.3 is 29.9 Å². The molecule has 1 heterocycles. The molecule has 0 radical (unpaired) electrons. The van der Waals surface area contributed by atoms with E-state index >= 15 is 0 Å². The van der Waals surface area contributed by atoms with Gasteiger partial charge in [-0.2, -0.15) is 0 Å². The van der Waals surface area contributed by atoms with Crippen LogP contribution in [-0.4, -0.2) is 73.1 Å². The molecule has 9 heteroatoms. The molecule has 0 spiro atoms. The van der Waals surface area contributed by atoms with E-state index in [0.717, 1.165) is 0 Å². The molecule has 1 aliphatic heterocycles. The molecular formula is C25H26O9. The first-order valence-corrected chi connectivity index (χ1v) is 11.2. The van der Waals surface area contributed by atoms with Crippen LogP contribution in [-0.2, 0) is 14.3 Å². The van der Waals surface area contributed by atoms with Crippen LogP contribution in [0.4, 0.5) is 0 Å². The van der Waals surface area contributed by atoms with E-state index in [1.54, 1.807) is 6.92 Å². The molecule has 4 aliphatic rings. The number of Topliss-reactive ketones (excluding diaryl/α,β-unsaturated/α-hetero) is 3. The molecule has 0 aromatic heterocycles. The van der Waals surface area contributed by atoms with Gasteiger partial charge in [0.2, 0.25) is 0 Å². The molecular weight excluding hydrogens is 444 g/mol. The van der Waals surface area contributed by atoms with Gasteiger partial charge in [0.05, 0.1) is 28.9 Å². The Hall–Kier alpha value is -2.69. The predicted molar refractivity (Wildman–Crippen MR) is 116 cm³/mol. The van der Waals surface area contributed by atoms with E-state index in [2.05, 4.69) is 0 Å². The summed E-state index contributed by atoms with van der Waals surface area (Å²) in [5.41, 5.74) is -6.85. The maximum Gasteiger partial charge on any atom is 0.198 e. The average Bonchev–Trinajstić information content (AvgIpc) is 2.74. The number of phenols is 1. The summed E-state index contributed by atoms with van der Waals surface area (Å²) in [6, 6.07) is 4.06. The van der Waals surface area contributed by atoms with E-state index in [1.807, 2.05) is 0 Å². The number of carbonyl (C=O) groups excluding carboxylic acids is 3. The Labute approximate surface area is 195 Å². The first-order valence-electron chi connectivity index (χ1n) is 11.2. The van der Waals surface area contributed by atoms with Gasteiger partial charge in [0, 0.05) is 30.4 Å². The van der Waals surface area contributed by atoms with Crippen molar-refractivity contribution in [3.63, 3.8) is 0 Å². The van der Waals surface area contributed by atoms with Gasteiger partial charge in [-0.05, 0) is 32.4 Å². The molecule has 0 bridgehead atoms. The number of rotatable bonds is 2. The lowest BCUT2D eigenvalue weighted by molar-refractivity contribution is -0.282. The van der Waals surface area contributed by atoms with Crippen molar-refractivity contribution in [2.24, 2.45) is 0 Å². The van der Waals surface area contributed by atoms with Crippen molar-refractivity contribution in [1.82, 2.24) is 0 Å². The highest BCUT2D eigenvalue weighted by Crippen LogP contribution is 2.53. The summed E-state index contributed by atoms with van der Waals surface area (Å²) in [7, 11) is 0. The fraction of sp³-hybridized carbons (Fsp3) is 0.480. The largest absolute Gasteiger partial charge is 0.507 e. The number of hydrogen-bond acceptors (Lipinski definition) is 9. The van der Waals surface area contributed by atoms with Crippen molar-refractivity contribution in [3.05, 3.63) is 52.6 Å². The van der Waals surface area contributed by atoms with Crippen LogP contribution in [0.5, 0.6) is 5.75 Å². The maximum absolute atomic E-state index is 13.8. The van der Waals surface area contributed by atoms with Gasteiger partial charge in [-0.25, -0.2) is 0 Å². The minimum Gasteiger partial charge on any atom is -0.507 e. The van der Waals surface area contributed by atoms with Gasteiger partial charge in [-0.1, -0.05) is 18.2 Å². The van der Waals surface area contributed by atoms with Crippen molar-refractivity contribution >= 4 is 17.3 Å². The third-order valence-electron chi connectivity index (χ3n) is 7.24. The van der Waals surface area contributed by atoms with Crippen LogP contribution in [0.25, 0.3) is 0 Å². The van der Waals surface area contributed by atoms with Gasteiger partial charge in [-0.15, -0.1) is 0 Å². The van der Waals surface area contributed by atoms with E-state index in [0.29, 0.717) is 6.42 Å². The van der Waals surface area contributed by atoms with Crippen molar-refractivity contribution in [2.75, 3.05) is 0 Å². The van der Waals surface area contributed by atoms with Crippen molar-refractivity contribution in [3.8, 4) is 5.75 Å². The minimum atomic E-state index is -2.32. The molecule has 1 saturated carbocycles. The topological polar surface area (TPSA) is 151 Å². The summed E-state index contributed by atoms with van der Waals surface area (Å²) in [6.45, 7) is 3.04. The fourth-order valence-electron chi connectivity index (χ4n) is 5.66. The highest BCUT2D eigenvalue weighted by Gasteiger charge is 2.68. The number of carbonyl (C=O) groups is 3. The second-order valence-corrected chi connectivity index (χ2v) is 9.89. The molecule has 180 valence electrons. The summed E-state index contributed by atoms with van der Waals surface area (Å²) < 4.78 is 11.9. The SMILES string of the molecule is C[C@@H]1O[C@@H](O[C@]23C(=O)C[C@](C)(O)C[C@@]2(O)C=CC2=C3C(=O)c3cccc(O)c3C2=O)CC[C@@H]1O. The van der Waals surface area contributed by atoms with Crippen molar-refractivity contribution in [1.29, 1.82) is 0 Å². The Kier molecular flexibility index (Phi) is 5.02. The zero-order valence-corrected chi connectivity index (χ0v) is 18.8. The third-order valence-corrected chi connectivity index (χ3v) is 7.24. The summed E-state index contributed by atoms with van der Waals surface area (Å²) >= 11 is 0. The lowest BCUT2D eigenvalue weighted by Crippen LogP contribution is -2.71. The Balaban J connectivity index is 1.71. The van der Waals surface area contributed by atoms with Gasteiger partial charge in [0.1, 0.15) is 11.4 Å². The smallest absolute Gasteiger partial charge is 0.198 e. The monoisotopic (exact) mass is 470 g/mol. The summed E-state index contributed by atoms with van der Waals surface area (Å²) in [4.78, 5) is 40.9. The van der Waals surface area contributed by atoms with Gasteiger partial charge in [-0.3, -0.25) is 14.4 Å². The molecule has 1 aromatic rings. The number of ketones is 3. The zero-order chi connectivity index (χ0) is 24.6. The third kappa shape index (κ3) is 3.08. The Morgan fingerprint density at radius 3 is 2.56 bits per heavy atom. The molecule has 4 N–H and O–H groups in total. The summed E-state index contributed by atoms with van der Waals surface area (Å²) in [5.74, 6) is -2.55. The maximum atomic E-state index is 13.8.